The Hall–Kier alpha value is -1.77. The third-order valence-electron chi connectivity index (χ3n) is 2.83. The first-order valence-electron chi connectivity index (χ1n) is 6.04. The summed E-state index contributed by atoms with van der Waals surface area (Å²) in [6.07, 6.45) is 3.53. The molecule has 20 heavy (non-hydrogen) atoms. The maximum absolute atomic E-state index is 11.8. The number of carbonyl (C=O) groups excluding carboxylic acids is 1. The fraction of sp³-hybridized carbons (Fsp3) is 0.231. The molecule has 0 saturated carbocycles. The number of nitrogens with zero attached hydrogens (tertiary/aromatic N) is 2. The highest BCUT2D eigenvalue weighted by Crippen LogP contribution is 2.32. The molecule has 1 aliphatic rings. The predicted octanol–water partition coefficient (Wildman–Crippen LogP) is 1.53. The zero-order valence-electron chi connectivity index (χ0n) is 10.5. The summed E-state index contributed by atoms with van der Waals surface area (Å²) in [6, 6.07) is 5.63. The smallest absolute Gasteiger partial charge is 0.241 e. The maximum atomic E-state index is 11.8. The van der Waals surface area contributed by atoms with Gasteiger partial charge in [0.25, 0.3) is 0 Å². The molecular weight excluding hydrogens is 373 g/mol. The van der Waals surface area contributed by atoms with Crippen molar-refractivity contribution >= 4 is 28.5 Å². The number of hydrogen-bond donors (Lipinski definition) is 1. The third kappa shape index (κ3) is 3.03. The first-order valence-corrected chi connectivity index (χ1v) is 7.12. The molecular formula is C13H12IN3O3. The summed E-state index contributed by atoms with van der Waals surface area (Å²) in [6.45, 7) is 0.921. The van der Waals surface area contributed by atoms with Crippen LogP contribution in [0.5, 0.6) is 11.5 Å². The lowest BCUT2D eigenvalue weighted by Gasteiger charge is -2.06. The van der Waals surface area contributed by atoms with Crippen molar-refractivity contribution in [3.8, 4) is 11.5 Å². The first-order chi connectivity index (χ1) is 9.70. The Morgan fingerprint density at radius 1 is 1.40 bits per heavy atom. The second-order valence-electron chi connectivity index (χ2n) is 4.32. The number of aromatic nitrogens is 2. The molecule has 7 heteroatoms. The molecule has 0 saturated heterocycles. The maximum Gasteiger partial charge on any atom is 0.241 e. The van der Waals surface area contributed by atoms with Crippen LogP contribution in [0.4, 0.5) is 0 Å². The van der Waals surface area contributed by atoms with Crippen LogP contribution in [0.3, 0.4) is 0 Å². The van der Waals surface area contributed by atoms with Gasteiger partial charge in [0.2, 0.25) is 12.7 Å². The van der Waals surface area contributed by atoms with Crippen LogP contribution in [-0.4, -0.2) is 22.5 Å². The van der Waals surface area contributed by atoms with Crippen LogP contribution >= 0.6 is 22.6 Å². The van der Waals surface area contributed by atoms with Gasteiger partial charge in [0.1, 0.15) is 6.54 Å². The largest absolute Gasteiger partial charge is 0.454 e. The van der Waals surface area contributed by atoms with Crippen LogP contribution < -0.4 is 14.8 Å². The zero-order chi connectivity index (χ0) is 13.9. The molecule has 3 rings (SSSR count). The van der Waals surface area contributed by atoms with Crippen molar-refractivity contribution in [1.82, 2.24) is 15.1 Å². The molecule has 1 aromatic heterocycles. The summed E-state index contributed by atoms with van der Waals surface area (Å²) < 4.78 is 13.1. The van der Waals surface area contributed by atoms with Crippen molar-refractivity contribution in [2.24, 2.45) is 0 Å². The van der Waals surface area contributed by atoms with E-state index in [0.29, 0.717) is 6.54 Å². The summed E-state index contributed by atoms with van der Waals surface area (Å²) in [5.74, 6) is 1.38. The van der Waals surface area contributed by atoms with Crippen molar-refractivity contribution in [1.29, 1.82) is 0 Å². The van der Waals surface area contributed by atoms with Crippen molar-refractivity contribution in [3.63, 3.8) is 0 Å². The van der Waals surface area contributed by atoms with Crippen LogP contribution in [0.15, 0.2) is 30.6 Å². The van der Waals surface area contributed by atoms with Gasteiger partial charge in [-0.05, 0) is 40.3 Å². The first kappa shape index (κ1) is 13.2. The van der Waals surface area contributed by atoms with Gasteiger partial charge >= 0.3 is 0 Å². The molecule has 2 heterocycles. The second kappa shape index (κ2) is 5.70. The molecule has 1 amide bonds. The number of nitrogens with one attached hydrogen (secondary N) is 1. The Morgan fingerprint density at radius 2 is 2.25 bits per heavy atom. The monoisotopic (exact) mass is 385 g/mol. The Labute approximate surface area is 129 Å². The average Bonchev–Trinajstić information content (AvgIpc) is 3.04. The predicted molar refractivity (Wildman–Crippen MR) is 79.4 cm³/mol. The van der Waals surface area contributed by atoms with Crippen molar-refractivity contribution in [2.45, 2.75) is 13.1 Å². The minimum absolute atomic E-state index is 0.0813. The van der Waals surface area contributed by atoms with Gasteiger partial charge in [-0.15, -0.1) is 0 Å². The highest BCUT2D eigenvalue weighted by Gasteiger charge is 2.13. The standard InChI is InChI=1S/C13H12IN3O3/c14-10-5-16-17(6-10)7-13(18)15-4-9-1-2-11-12(3-9)20-8-19-11/h1-3,5-6H,4,7-8H2,(H,15,18). The number of benzene rings is 1. The van der Waals surface area contributed by atoms with E-state index in [2.05, 4.69) is 33.0 Å². The van der Waals surface area contributed by atoms with E-state index in [0.717, 1.165) is 20.6 Å². The number of amides is 1. The summed E-state index contributed by atoms with van der Waals surface area (Å²) in [7, 11) is 0. The third-order valence-corrected chi connectivity index (χ3v) is 3.39. The van der Waals surface area contributed by atoms with E-state index in [9.17, 15) is 4.79 Å². The lowest BCUT2D eigenvalue weighted by atomic mass is 10.2. The Bertz CT molecular complexity index is 642. The molecule has 1 N–H and O–H groups in total. The average molecular weight is 385 g/mol. The van der Waals surface area contributed by atoms with Gasteiger partial charge in [-0.25, -0.2) is 0 Å². The van der Waals surface area contributed by atoms with Crippen molar-refractivity contribution < 1.29 is 14.3 Å². The molecule has 1 aliphatic heterocycles. The summed E-state index contributed by atoms with van der Waals surface area (Å²) in [4.78, 5) is 11.8. The molecule has 0 atom stereocenters. The summed E-state index contributed by atoms with van der Waals surface area (Å²) in [5, 5.41) is 6.92. The van der Waals surface area contributed by atoms with E-state index in [4.69, 9.17) is 9.47 Å². The SMILES string of the molecule is O=C(Cn1cc(I)cn1)NCc1ccc2c(c1)OCO2. The number of ether oxygens (including phenoxy) is 2. The van der Waals surface area contributed by atoms with Crippen LogP contribution in [-0.2, 0) is 17.9 Å². The van der Waals surface area contributed by atoms with E-state index in [-0.39, 0.29) is 19.2 Å². The van der Waals surface area contributed by atoms with Crippen LogP contribution in [0, 0.1) is 3.57 Å². The fourth-order valence-electron chi connectivity index (χ4n) is 1.88. The minimum Gasteiger partial charge on any atom is -0.454 e. The molecule has 0 radical (unpaired) electrons. The highest BCUT2D eigenvalue weighted by atomic mass is 127. The van der Waals surface area contributed by atoms with E-state index in [1.165, 1.54) is 0 Å². The van der Waals surface area contributed by atoms with Crippen LogP contribution in [0.25, 0.3) is 0 Å². The topological polar surface area (TPSA) is 65.4 Å². The molecule has 0 spiro atoms. The molecule has 104 valence electrons. The van der Waals surface area contributed by atoms with Crippen LogP contribution in [0.1, 0.15) is 5.56 Å². The van der Waals surface area contributed by atoms with E-state index in [1.54, 1.807) is 10.9 Å². The van der Waals surface area contributed by atoms with E-state index in [1.807, 2.05) is 24.4 Å². The van der Waals surface area contributed by atoms with Gasteiger partial charge in [0.05, 0.1) is 9.77 Å². The molecule has 0 unspecified atom stereocenters. The Kier molecular flexibility index (Phi) is 3.77. The number of halogens is 1. The van der Waals surface area contributed by atoms with E-state index >= 15 is 0 Å². The van der Waals surface area contributed by atoms with Crippen molar-refractivity contribution in [3.05, 3.63) is 39.7 Å². The van der Waals surface area contributed by atoms with Gasteiger partial charge in [-0.2, -0.15) is 5.10 Å². The number of carbonyl (C=O) groups is 1. The molecule has 0 aliphatic carbocycles. The lowest BCUT2D eigenvalue weighted by Crippen LogP contribution is -2.27. The molecule has 2 aromatic rings. The van der Waals surface area contributed by atoms with Gasteiger partial charge in [-0.3, -0.25) is 9.48 Å². The second-order valence-corrected chi connectivity index (χ2v) is 5.57. The molecule has 0 bridgehead atoms. The quantitative estimate of drug-likeness (QED) is 0.811. The minimum atomic E-state index is -0.0813. The fourth-order valence-corrected chi connectivity index (χ4v) is 2.33. The van der Waals surface area contributed by atoms with Gasteiger partial charge in [-0.1, -0.05) is 6.07 Å². The van der Waals surface area contributed by atoms with Gasteiger partial charge in [0, 0.05) is 12.7 Å². The highest BCUT2D eigenvalue weighted by molar-refractivity contribution is 14.1. The van der Waals surface area contributed by atoms with Gasteiger partial charge < -0.3 is 14.8 Å². The molecule has 1 aromatic carbocycles. The summed E-state index contributed by atoms with van der Waals surface area (Å²) in [5.41, 5.74) is 0.970. The Balaban J connectivity index is 1.55. The lowest BCUT2D eigenvalue weighted by molar-refractivity contribution is -0.122. The van der Waals surface area contributed by atoms with Crippen LogP contribution in [0.2, 0.25) is 0 Å². The molecule has 6 nitrogen and oxygen atoms in total. The zero-order valence-corrected chi connectivity index (χ0v) is 12.7. The van der Waals surface area contributed by atoms with Crippen molar-refractivity contribution in [2.75, 3.05) is 6.79 Å². The Morgan fingerprint density at radius 3 is 3.05 bits per heavy atom. The number of hydrogen-bond acceptors (Lipinski definition) is 4. The number of rotatable bonds is 4. The normalized spacial score (nSPS) is 12.4. The summed E-state index contributed by atoms with van der Waals surface area (Å²) >= 11 is 2.15. The number of fused-ring (bicyclic) bond motifs is 1. The molecule has 0 fully saturated rings. The van der Waals surface area contributed by atoms with Gasteiger partial charge in [0.15, 0.2) is 11.5 Å². The van der Waals surface area contributed by atoms with E-state index < -0.39 is 0 Å².